The highest BCUT2D eigenvalue weighted by atomic mass is 35.5. The van der Waals surface area contributed by atoms with Crippen LogP contribution in [0.1, 0.15) is 5.56 Å². The number of piperazine rings is 1. The zero-order valence-electron chi connectivity index (χ0n) is 14.4. The second-order valence-electron chi connectivity index (χ2n) is 7.41. The van der Waals surface area contributed by atoms with Gasteiger partial charge in [0.05, 0.1) is 40.0 Å². The molecular formula is C15H19ClN2O6S3. The van der Waals surface area contributed by atoms with Crippen molar-refractivity contribution in [2.24, 2.45) is 0 Å². The number of benzene rings is 1. The molecule has 3 heterocycles. The van der Waals surface area contributed by atoms with Gasteiger partial charge in [-0.05, 0) is 24.6 Å². The van der Waals surface area contributed by atoms with Gasteiger partial charge >= 0.3 is 0 Å². The van der Waals surface area contributed by atoms with Crippen molar-refractivity contribution >= 4 is 41.3 Å². The van der Waals surface area contributed by atoms with E-state index in [0.717, 1.165) is 4.31 Å². The molecule has 3 aliphatic heterocycles. The first-order valence-electron chi connectivity index (χ1n) is 8.36. The van der Waals surface area contributed by atoms with Crippen LogP contribution in [0.25, 0.3) is 0 Å². The number of hydrogen-bond donors (Lipinski definition) is 1. The van der Waals surface area contributed by atoms with Gasteiger partial charge in [-0.1, -0.05) is 17.7 Å². The summed E-state index contributed by atoms with van der Waals surface area (Å²) in [6.45, 7) is 1.62. The Morgan fingerprint density at radius 1 is 1.00 bits per heavy atom. The summed E-state index contributed by atoms with van der Waals surface area (Å²) in [6.07, 6.45) is 0. The molecule has 3 aliphatic rings. The third-order valence-corrected chi connectivity index (χ3v) is 11.2. The van der Waals surface area contributed by atoms with Gasteiger partial charge in [0.25, 0.3) is 0 Å². The van der Waals surface area contributed by atoms with E-state index >= 15 is 0 Å². The minimum atomic E-state index is -4.14. The maximum atomic E-state index is 13.5. The lowest BCUT2D eigenvalue weighted by atomic mass is 10.0. The van der Waals surface area contributed by atoms with Crippen molar-refractivity contribution in [3.63, 3.8) is 0 Å². The smallest absolute Gasteiger partial charge is 0.244 e. The van der Waals surface area contributed by atoms with Crippen LogP contribution in [0.2, 0.25) is 5.02 Å². The standard InChI is InChI=1S/C15H19ClN2O6S3/c1-9-2-3-10(16)4-15(9)27(23,24)18-13-7-25(19,20)5-11(13)17-12-6-26(21,22)8-14(12)18/h2-4,11-14,17H,5-8H2,1H3/t11-,12-,13+,14+/m0/s1. The van der Waals surface area contributed by atoms with E-state index in [2.05, 4.69) is 5.32 Å². The molecular weight excluding hydrogens is 436 g/mol. The number of sulfone groups is 2. The molecule has 0 bridgehead atoms. The largest absolute Gasteiger partial charge is 0.306 e. The van der Waals surface area contributed by atoms with Gasteiger partial charge in [0.2, 0.25) is 10.0 Å². The van der Waals surface area contributed by atoms with Crippen molar-refractivity contribution in [3.8, 4) is 0 Å². The molecule has 4 atom stereocenters. The van der Waals surface area contributed by atoms with Gasteiger partial charge in [-0.3, -0.25) is 0 Å². The van der Waals surface area contributed by atoms with Crippen molar-refractivity contribution in [3.05, 3.63) is 28.8 Å². The fourth-order valence-electron chi connectivity index (χ4n) is 4.32. The van der Waals surface area contributed by atoms with Crippen LogP contribution < -0.4 is 5.32 Å². The molecule has 1 aromatic carbocycles. The van der Waals surface area contributed by atoms with Crippen LogP contribution in [0.5, 0.6) is 0 Å². The first kappa shape index (κ1) is 19.6. The van der Waals surface area contributed by atoms with Crippen molar-refractivity contribution in [1.82, 2.24) is 9.62 Å². The molecule has 0 unspecified atom stereocenters. The highest BCUT2D eigenvalue weighted by molar-refractivity contribution is 7.92. The Kier molecular flexibility index (Phi) is 4.45. The molecule has 0 amide bonds. The number of halogens is 1. The summed E-state index contributed by atoms with van der Waals surface area (Å²) in [6, 6.07) is 1.53. The van der Waals surface area contributed by atoms with Gasteiger partial charge in [-0.15, -0.1) is 0 Å². The van der Waals surface area contributed by atoms with Gasteiger partial charge in [-0.2, -0.15) is 4.31 Å². The third-order valence-electron chi connectivity index (χ3n) is 5.43. The van der Waals surface area contributed by atoms with Crippen molar-refractivity contribution < 1.29 is 25.3 Å². The lowest BCUT2D eigenvalue weighted by Gasteiger charge is -2.44. The Bertz CT molecular complexity index is 1070. The van der Waals surface area contributed by atoms with Gasteiger partial charge in [0, 0.05) is 17.1 Å². The Hall–Kier alpha value is -0.720. The van der Waals surface area contributed by atoms with E-state index < -0.39 is 53.9 Å². The number of aryl methyl sites for hydroxylation is 1. The molecule has 150 valence electrons. The lowest BCUT2D eigenvalue weighted by Crippen LogP contribution is -2.67. The molecule has 0 aliphatic carbocycles. The van der Waals surface area contributed by atoms with Crippen LogP contribution in [0.4, 0.5) is 0 Å². The summed E-state index contributed by atoms with van der Waals surface area (Å²) >= 11 is 5.99. The summed E-state index contributed by atoms with van der Waals surface area (Å²) in [4.78, 5) is -0.0250. The predicted octanol–water partition coefficient (Wildman–Crippen LogP) is -0.426. The van der Waals surface area contributed by atoms with Gasteiger partial charge in [-0.25, -0.2) is 25.3 Å². The Morgan fingerprint density at radius 2 is 1.52 bits per heavy atom. The predicted molar refractivity (Wildman–Crippen MR) is 101 cm³/mol. The third kappa shape index (κ3) is 3.32. The minimum absolute atomic E-state index is 0.0250. The summed E-state index contributed by atoms with van der Waals surface area (Å²) in [5.41, 5.74) is 0.466. The molecule has 3 saturated heterocycles. The van der Waals surface area contributed by atoms with Crippen molar-refractivity contribution in [2.45, 2.75) is 36.0 Å². The average Bonchev–Trinajstić information content (AvgIpc) is 2.98. The Morgan fingerprint density at radius 3 is 2.04 bits per heavy atom. The quantitative estimate of drug-likeness (QED) is 0.644. The van der Waals surface area contributed by atoms with E-state index in [1.807, 2.05) is 0 Å². The normalized spacial score (nSPS) is 34.9. The Labute approximate surface area is 163 Å². The number of nitrogens with one attached hydrogen (secondary N) is 1. The van der Waals surface area contributed by atoms with E-state index in [4.69, 9.17) is 11.6 Å². The lowest BCUT2D eigenvalue weighted by molar-refractivity contribution is 0.160. The number of sulfonamides is 1. The zero-order chi connectivity index (χ0) is 19.8. The molecule has 4 rings (SSSR count). The van der Waals surface area contributed by atoms with E-state index in [1.54, 1.807) is 19.1 Å². The van der Waals surface area contributed by atoms with Crippen LogP contribution in [-0.2, 0) is 29.7 Å². The highest BCUT2D eigenvalue weighted by Crippen LogP contribution is 2.37. The van der Waals surface area contributed by atoms with E-state index in [0.29, 0.717) is 5.56 Å². The molecule has 8 nitrogen and oxygen atoms in total. The molecule has 12 heteroatoms. The number of hydrogen-bond acceptors (Lipinski definition) is 7. The van der Waals surface area contributed by atoms with Crippen LogP contribution in [-0.4, -0.2) is 76.7 Å². The van der Waals surface area contributed by atoms with E-state index in [9.17, 15) is 25.3 Å². The van der Waals surface area contributed by atoms with Crippen LogP contribution >= 0.6 is 11.6 Å². The number of fused-ring (bicyclic) bond motifs is 2. The number of nitrogens with zero attached hydrogens (tertiary/aromatic N) is 1. The summed E-state index contributed by atoms with van der Waals surface area (Å²) in [5, 5.41) is 3.31. The Balaban J connectivity index is 1.87. The molecule has 0 radical (unpaired) electrons. The summed E-state index contributed by atoms with van der Waals surface area (Å²) in [7, 11) is -11.0. The molecule has 1 aromatic rings. The van der Waals surface area contributed by atoms with E-state index in [1.165, 1.54) is 6.07 Å². The monoisotopic (exact) mass is 454 g/mol. The first-order chi connectivity index (χ1) is 12.4. The van der Waals surface area contributed by atoms with Gasteiger partial charge < -0.3 is 5.32 Å². The molecule has 0 saturated carbocycles. The topological polar surface area (TPSA) is 118 Å². The molecule has 27 heavy (non-hydrogen) atoms. The summed E-state index contributed by atoms with van der Waals surface area (Å²) in [5.74, 6) is -1.07. The van der Waals surface area contributed by atoms with E-state index in [-0.39, 0.29) is 32.9 Å². The van der Waals surface area contributed by atoms with Crippen molar-refractivity contribution in [2.75, 3.05) is 23.0 Å². The van der Waals surface area contributed by atoms with Crippen LogP contribution in [0, 0.1) is 6.92 Å². The molecule has 0 aromatic heterocycles. The van der Waals surface area contributed by atoms with Crippen molar-refractivity contribution in [1.29, 1.82) is 0 Å². The van der Waals surface area contributed by atoms with Crippen LogP contribution in [0.15, 0.2) is 23.1 Å². The van der Waals surface area contributed by atoms with Gasteiger partial charge in [0.1, 0.15) is 0 Å². The second-order valence-corrected chi connectivity index (χ2v) is 14.0. The average molecular weight is 455 g/mol. The molecule has 1 N–H and O–H groups in total. The molecule has 0 spiro atoms. The van der Waals surface area contributed by atoms with Crippen LogP contribution in [0.3, 0.4) is 0 Å². The molecule has 3 fully saturated rings. The number of rotatable bonds is 2. The fraction of sp³-hybridized carbons (Fsp3) is 0.600. The SMILES string of the molecule is Cc1ccc(Cl)cc1S(=O)(=O)N1[C@@H]2CS(=O)(=O)C[C@@H]2N[C@H]2CS(=O)(=O)C[C@H]21. The summed E-state index contributed by atoms with van der Waals surface area (Å²) < 4.78 is 76.9. The first-order valence-corrected chi connectivity index (χ1v) is 13.8. The second kappa shape index (κ2) is 6.14. The minimum Gasteiger partial charge on any atom is -0.306 e. The maximum Gasteiger partial charge on any atom is 0.244 e. The highest BCUT2D eigenvalue weighted by Gasteiger charge is 2.57. The fourth-order valence-corrected chi connectivity index (χ4v) is 10.7. The van der Waals surface area contributed by atoms with Gasteiger partial charge in [0.15, 0.2) is 19.7 Å². The maximum absolute atomic E-state index is 13.5. The zero-order valence-corrected chi connectivity index (χ0v) is 17.6.